The summed E-state index contributed by atoms with van der Waals surface area (Å²) >= 11 is 2.01. The Hall–Kier alpha value is -0.650. The number of hydrogen-bond donors (Lipinski definition) is 0. The van der Waals surface area contributed by atoms with Crippen molar-refractivity contribution in [1.82, 2.24) is 0 Å². The zero-order chi connectivity index (χ0) is 9.42. The predicted octanol–water partition coefficient (Wildman–Crippen LogP) is 2.40. The highest BCUT2D eigenvalue weighted by Gasteiger charge is 2.24. The van der Waals surface area contributed by atoms with Crippen LogP contribution in [0.5, 0.6) is 5.75 Å². The van der Waals surface area contributed by atoms with E-state index in [9.17, 15) is 9.18 Å². The van der Waals surface area contributed by atoms with Gasteiger partial charge in [0.15, 0.2) is 17.3 Å². The van der Waals surface area contributed by atoms with Gasteiger partial charge in [0, 0.05) is 9.99 Å². The van der Waals surface area contributed by atoms with E-state index in [0.717, 1.165) is 3.57 Å². The van der Waals surface area contributed by atoms with Gasteiger partial charge in [0.25, 0.3) is 0 Å². The summed E-state index contributed by atoms with van der Waals surface area (Å²) in [5.41, 5.74) is 0.395. The standard InChI is InChI=1S/C9H6FIO2/c10-5-1-2-6(11)8-7(12)3-4-13-9(5)8/h1-2H,3-4H2. The number of Topliss-reactive ketones (excluding diaryl/α,β-unsaturated/α-hetero) is 1. The lowest BCUT2D eigenvalue weighted by Gasteiger charge is -2.17. The van der Waals surface area contributed by atoms with Crippen LogP contribution in [-0.4, -0.2) is 12.4 Å². The molecule has 0 saturated carbocycles. The van der Waals surface area contributed by atoms with Crippen molar-refractivity contribution in [3.8, 4) is 5.75 Å². The number of rotatable bonds is 0. The molecule has 0 atom stereocenters. The van der Waals surface area contributed by atoms with Gasteiger partial charge in [0.1, 0.15) is 0 Å². The van der Waals surface area contributed by atoms with Crippen molar-refractivity contribution >= 4 is 28.4 Å². The molecule has 0 unspecified atom stereocenters. The van der Waals surface area contributed by atoms with Gasteiger partial charge >= 0.3 is 0 Å². The summed E-state index contributed by atoms with van der Waals surface area (Å²) in [6, 6.07) is 2.90. The Morgan fingerprint density at radius 3 is 2.92 bits per heavy atom. The van der Waals surface area contributed by atoms with E-state index in [4.69, 9.17) is 4.74 Å². The van der Waals surface area contributed by atoms with Crippen LogP contribution in [0.2, 0.25) is 0 Å². The van der Waals surface area contributed by atoms with Crippen LogP contribution in [0.3, 0.4) is 0 Å². The van der Waals surface area contributed by atoms with Crippen LogP contribution >= 0.6 is 22.6 Å². The summed E-state index contributed by atoms with van der Waals surface area (Å²) in [6.45, 7) is 0.281. The normalized spacial score (nSPS) is 15.1. The van der Waals surface area contributed by atoms with Crippen molar-refractivity contribution in [2.75, 3.05) is 6.61 Å². The van der Waals surface area contributed by atoms with E-state index in [2.05, 4.69) is 0 Å². The fourth-order valence-corrected chi connectivity index (χ4v) is 2.03. The van der Waals surface area contributed by atoms with Gasteiger partial charge in [-0.15, -0.1) is 0 Å². The molecule has 2 rings (SSSR count). The molecular weight excluding hydrogens is 286 g/mol. The van der Waals surface area contributed by atoms with Gasteiger partial charge in [0.2, 0.25) is 0 Å². The maximum absolute atomic E-state index is 13.1. The first kappa shape index (κ1) is 8.93. The summed E-state index contributed by atoms with van der Waals surface area (Å²) in [7, 11) is 0. The fourth-order valence-electron chi connectivity index (χ4n) is 1.30. The zero-order valence-corrected chi connectivity index (χ0v) is 8.80. The third kappa shape index (κ3) is 1.43. The van der Waals surface area contributed by atoms with Gasteiger partial charge in [-0.05, 0) is 34.7 Å². The lowest BCUT2D eigenvalue weighted by Crippen LogP contribution is -2.17. The van der Waals surface area contributed by atoms with Gasteiger partial charge in [-0.3, -0.25) is 4.79 Å². The molecule has 4 heteroatoms. The van der Waals surface area contributed by atoms with E-state index in [-0.39, 0.29) is 18.1 Å². The molecule has 0 spiro atoms. The van der Waals surface area contributed by atoms with Crippen molar-refractivity contribution < 1.29 is 13.9 Å². The quantitative estimate of drug-likeness (QED) is 0.686. The molecule has 0 amide bonds. The maximum Gasteiger partial charge on any atom is 0.171 e. The lowest BCUT2D eigenvalue weighted by molar-refractivity contribution is 0.0928. The van der Waals surface area contributed by atoms with Crippen LogP contribution in [0.4, 0.5) is 4.39 Å². The Morgan fingerprint density at radius 2 is 2.23 bits per heavy atom. The number of ether oxygens (including phenoxy) is 1. The van der Waals surface area contributed by atoms with Gasteiger partial charge in [-0.2, -0.15) is 0 Å². The first-order chi connectivity index (χ1) is 6.20. The molecule has 0 radical (unpaired) electrons. The monoisotopic (exact) mass is 292 g/mol. The molecule has 1 aromatic rings. The van der Waals surface area contributed by atoms with Crippen molar-refractivity contribution in [1.29, 1.82) is 0 Å². The second-order valence-electron chi connectivity index (χ2n) is 2.75. The highest BCUT2D eigenvalue weighted by atomic mass is 127. The second kappa shape index (κ2) is 3.25. The molecular formula is C9H6FIO2. The molecule has 0 aliphatic carbocycles. The molecule has 1 aliphatic heterocycles. The van der Waals surface area contributed by atoms with Crippen LogP contribution in [-0.2, 0) is 0 Å². The summed E-state index contributed by atoms with van der Waals surface area (Å²) in [5.74, 6) is -0.378. The molecule has 68 valence electrons. The molecule has 0 fully saturated rings. The van der Waals surface area contributed by atoms with Crippen molar-refractivity contribution in [3.05, 3.63) is 27.1 Å². The Morgan fingerprint density at radius 1 is 1.46 bits per heavy atom. The van der Waals surface area contributed by atoms with Gasteiger partial charge < -0.3 is 4.74 Å². The first-order valence-electron chi connectivity index (χ1n) is 3.84. The number of benzene rings is 1. The minimum absolute atomic E-state index is 0.0369. The Labute approximate surface area is 88.2 Å². The molecule has 0 bridgehead atoms. The molecule has 0 aromatic heterocycles. The van der Waals surface area contributed by atoms with Crippen molar-refractivity contribution in [2.24, 2.45) is 0 Å². The minimum atomic E-state index is -0.455. The summed E-state index contributed by atoms with van der Waals surface area (Å²) in [5, 5.41) is 0. The largest absolute Gasteiger partial charge is 0.489 e. The second-order valence-corrected chi connectivity index (χ2v) is 3.92. The van der Waals surface area contributed by atoms with E-state index in [1.165, 1.54) is 6.07 Å². The Balaban J connectivity index is 2.67. The van der Waals surface area contributed by atoms with E-state index in [1.807, 2.05) is 22.6 Å². The average molecular weight is 292 g/mol. The first-order valence-corrected chi connectivity index (χ1v) is 4.92. The van der Waals surface area contributed by atoms with Crippen molar-refractivity contribution in [3.63, 3.8) is 0 Å². The fraction of sp³-hybridized carbons (Fsp3) is 0.222. The number of carbonyl (C=O) groups excluding carboxylic acids is 1. The minimum Gasteiger partial charge on any atom is -0.489 e. The van der Waals surface area contributed by atoms with E-state index >= 15 is 0 Å². The lowest BCUT2D eigenvalue weighted by atomic mass is 10.1. The number of ketones is 1. The highest BCUT2D eigenvalue weighted by Crippen LogP contribution is 2.31. The molecule has 1 heterocycles. The molecule has 0 N–H and O–H groups in total. The van der Waals surface area contributed by atoms with Crippen LogP contribution < -0.4 is 4.74 Å². The van der Waals surface area contributed by atoms with Crippen LogP contribution in [0, 0.1) is 9.39 Å². The number of hydrogen-bond acceptors (Lipinski definition) is 2. The topological polar surface area (TPSA) is 26.3 Å². The average Bonchev–Trinajstić information content (AvgIpc) is 2.12. The predicted molar refractivity (Wildman–Crippen MR) is 53.6 cm³/mol. The number of fused-ring (bicyclic) bond motifs is 1. The Kier molecular flexibility index (Phi) is 2.23. The number of halogens is 2. The highest BCUT2D eigenvalue weighted by molar-refractivity contribution is 14.1. The SMILES string of the molecule is O=C1CCOc2c(F)ccc(I)c21. The summed E-state index contributed by atoms with van der Waals surface area (Å²) < 4.78 is 19.0. The van der Waals surface area contributed by atoms with E-state index in [1.54, 1.807) is 6.07 Å². The van der Waals surface area contributed by atoms with Crippen LogP contribution in [0.25, 0.3) is 0 Å². The zero-order valence-electron chi connectivity index (χ0n) is 6.64. The smallest absolute Gasteiger partial charge is 0.171 e. The van der Waals surface area contributed by atoms with Crippen molar-refractivity contribution in [2.45, 2.75) is 6.42 Å². The molecule has 2 nitrogen and oxygen atoms in total. The molecule has 13 heavy (non-hydrogen) atoms. The van der Waals surface area contributed by atoms with Gasteiger partial charge in [0.05, 0.1) is 12.2 Å². The molecule has 0 saturated heterocycles. The van der Waals surface area contributed by atoms with Crippen LogP contribution in [0.15, 0.2) is 12.1 Å². The third-order valence-electron chi connectivity index (χ3n) is 1.91. The third-order valence-corrected chi connectivity index (χ3v) is 2.81. The van der Waals surface area contributed by atoms with E-state index < -0.39 is 5.82 Å². The maximum atomic E-state index is 13.1. The van der Waals surface area contributed by atoms with Crippen LogP contribution in [0.1, 0.15) is 16.8 Å². The van der Waals surface area contributed by atoms with Gasteiger partial charge in [-0.25, -0.2) is 4.39 Å². The molecule has 1 aromatic carbocycles. The summed E-state index contributed by atoms with van der Waals surface area (Å²) in [4.78, 5) is 11.4. The Bertz CT molecular complexity index is 376. The van der Waals surface area contributed by atoms with Gasteiger partial charge in [-0.1, -0.05) is 0 Å². The van der Waals surface area contributed by atoms with E-state index in [0.29, 0.717) is 12.0 Å². The number of carbonyl (C=O) groups is 1. The summed E-state index contributed by atoms with van der Waals surface area (Å²) in [6.07, 6.45) is 0.340. The molecule has 1 aliphatic rings.